The molecular weight excluding hydrogens is 165 g/mol. The third-order valence-electron chi connectivity index (χ3n) is 2.08. The quantitative estimate of drug-likeness (QED) is 0.599. The predicted octanol–water partition coefficient (Wildman–Crippen LogP) is -0.179. The van der Waals surface area contributed by atoms with Crippen LogP contribution in [0.5, 0.6) is 0 Å². The normalized spacial score (nSPS) is 13.3. The summed E-state index contributed by atoms with van der Waals surface area (Å²) in [6.45, 7) is 0.614. The minimum atomic E-state index is -0.0666. The second kappa shape index (κ2) is 3.22. The highest BCUT2D eigenvalue weighted by Crippen LogP contribution is 2.07. The fourth-order valence-electron chi connectivity index (χ4n) is 1.34. The number of carbonyl (C=O) groups is 1. The van der Waals surface area contributed by atoms with Crippen LogP contribution in [0.1, 0.15) is 15.9 Å². The molecule has 3 nitrogen and oxygen atoms in total. The molecule has 0 bridgehead atoms. The van der Waals surface area contributed by atoms with Gasteiger partial charge in [0, 0.05) is 12.6 Å². The summed E-state index contributed by atoms with van der Waals surface area (Å²) < 4.78 is 5.13. The van der Waals surface area contributed by atoms with Crippen molar-refractivity contribution in [3.63, 3.8) is 0 Å². The first-order valence-electron chi connectivity index (χ1n) is 4.11. The molecule has 1 aromatic carbocycles. The van der Waals surface area contributed by atoms with Gasteiger partial charge in [-0.15, -0.1) is 0 Å². The summed E-state index contributed by atoms with van der Waals surface area (Å²) in [4.78, 5) is 11.2. The van der Waals surface area contributed by atoms with Gasteiger partial charge in [0.2, 0.25) is 0 Å². The van der Waals surface area contributed by atoms with Crippen LogP contribution in [-0.2, 0) is 11.3 Å². The molecule has 4 heteroatoms. The zero-order chi connectivity index (χ0) is 9.26. The Morgan fingerprint density at radius 3 is 3.23 bits per heavy atom. The average molecular weight is 174 g/mol. The molecule has 1 heterocycles. The Labute approximate surface area is 77.4 Å². The van der Waals surface area contributed by atoms with E-state index in [9.17, 15) is 4.79 Å². The van der Waals surface area contributed by atoms with Crippen molar-refractivity contribution in [3.8, 4) is 0 Å². The maximum Gasteiger partial charge on any atom is 0.330 e. The Hall–Kier alpha value is -1.29. The lowest BCUT2D eigenvalue weighted by molar-refractivity contribution is 0.0963. The molecule has 0 fully saturated rings. The summed E-state index contributed by atoms with van der Waals surface area (Å²) in [5.41, 5.74) is 2.80. The molecule has 1 amide bonds. The minimum Gasteiger partial charge on any atom is -0.430 e. The summed E-state index contributed by atoms with van der Waals surface area (Å²) in [6.07, 6.45) is 0. The largest absolute Gasteiger partial charge is 0.430 e. The number of fused-ring (bicyclic) bond motifs is 1. The van der Waals surface area contributed by atoms with E-state index < -0.39 is 0 Å². The first kappa shape index (κ1) is 8.32. The SMILES string of the molecule is CNC(=O)c1ccc2c(c1)[B]OC2. The van der Waals surface area contributed by atoms with Gasteiger partial charge in [-0.25, -0.2) is 0 Å². The first-order valence-corrected chi connectivity index (χ1v) is 4.11. The number of nitrogens with one attached hydrogen (secondary N) is 1. The molecule has 0 atom stereocenters. The Morgan fingerprint density at radius 2 is 2.46 bits per heavy atom. The van der Waals surface area contributed by atoms with Crippen molar-refractivity contribution in [1.29, 1.82) is 0 Å². The highest BCUT2D eigenvalue weighted by molar-refractivity contribution is 6.49. The van der Waals surface area contributed by atoms with Gasteiger partial charge in [-0.2, -0.15) is 0 Å². The van der Waals surface area contributed by atoms with E-state index in [-0.39, 0.29) is 5.91 Å². The Balaban J connectivity index is 2.36. The van der Waals surface area contributed by atoms with Gasteiger partial charge in [0.25, 0.3) is 5.91 Å². The molecular formula is C9H9BNO2. The third kappa shape index (κ3) is 1.45. The van der Waals surface area contributed by atoms with E-state index in [1.165, 1.54) is 0 Å². The lowest BCUT2D eigenvalue weighted by atomic mass is 9.86. The monoisotopic (exact) mass is 174 g/mol. The Bertz CT molecular complexity index is 351. The molecule has 1 N–H and O–H groups in total. The van der Waals surface area contributed by atoms with Crippen LogP contribution in [0.3, 0.4) is 0 Å². The number of amides is 1. The number of hydrogen-bond donors (Lipinski definition) is 1. The molecule has 0 saturated carbocycles. The van der Waals surface area contributed by atoms with E-state index in [1.807, 2.05) is 12.1 Å². The molecule has 0 aliphatic carbocycles. The zero-order valence-electron chi connectivity index (χ0n) is 7.33. The predicted molar refractivity (Wildman–Crippen MR) is 50.0 cm³/mol. The van der Waals surface area contributed by atoms with Gasteiger partial charge in [0.05, 0.1) is 6.61 Å². The maximum atomic E-state index is 11.2. The molecule has 0 spiro atoms. The molecule has 1 aliphatic heterocycles. The van der Waals surface area contributed by atoms with Crippen molar-refractivity contribution in [2.45, 2.75) is 6.61 Å². The summed E-state index contributed by atoms with van der Waals surface area (Å²) >= 11 is 0. The van der Waals surface area contributed by atoms with E-state index in [1.54, 1.807) is 20.6 Å². The fourth-order valence-corrected chi connectivity index (χ4v) is 1.34. The van der Waals surface area contributed by atoms with Crippen LogP contribution in [0.2, 0.25) is 0 Å². The minimum absolute atomic E-state index is 0.0666. The van der Waals surface area contributed by atoms with Gasteiger partial charge in [-0.1, -0.05) is 12.1 Å². The lowest BCUT2D eigenvalue weighted by Gasteiger charge is -2.01. The Kier molecular flexibility index (Phi) is 2.06. The number of hydrogen-bond acceptors (Lipinski definition) is 2. The van der Waals surface area contributed by atoms with Crippen LogP contribution >= 0.6 is 0 Å². The molecule has 0 unspecified atom stereocenters. The summed E-state index contributed by atoms with van der Waals surface area (Å²) in [5.74, 6) is -0.0666. The molecule has 0 saturated heterocycles. The van der Waals surface area contributed by atoms with E-state index in [0.29, 0.717) is 12.2 Å². The zero-order valence-corrected chi connectivity index (χ0v) is 7.33. The third-order valence-corrected chi connectivity index (χ3v) is 2.08. The number of rotatable bonds is 1. The molecule has 2 rings (SSSR count). The van der Waals surface area contributed by atoms with E-state index in [2.05, 4.69) is 5.32 Å². The van der Waals surface area contributed by atoms with E-state index in [4.69, 9.17) is 4.65 Å². The van der Waals surface area contributed by atoms with Gasteiger partial charge in [0.1, 0.15) is 0 Å². The van der Waals surface area contributed by atoms with E-state index in [0.717, 1.165) is 11.0 Å². The van der Waals surface area contributed by atoms with Crippen LogP contribution in [0.4, 0.5) is 0 Å². The van der Waals surface area contributed by atoms with Crippen molar-refractivity contribution in [2.75, 3.05) is 7.05 Å². The van der Waals surface area contributed by atoms with Crippen LogP contribution in [0, 0.1) is 0 Å². The maximum absolute atomic E-state index is 11.2. The first-order chi connectivity index (χ1) is 6.31. The topological polar surface area (TPSA) is 38.3 Å². The molecule has 0 aromatic heterocycles. The van der Waals surface area contributed by atoms with Crippen molar-refractivity contribution >= 4 is 18.9 Å². The molecule has 65 valence electrons. The lowest BCUT2D eigenvalue weighted by Crippen LogP contribution is -2.21. The van der Waals surface area contributed by atoms with Gasteiger partial charge < -0.3 is 9.97 Å². The van der Waals surface area contributed by atoms with Gasteiger partial charge in [-0.05, 0) is 17.1 Å². The van der Waals surface area contributed by atoms with Crippen LogP contribution < -0.4 is 10.8 Å². The number of carbonyl (C=O) groups excluding carboxylic acids is 1. The van der Waals surface area contributed by atoms with Crippen molar-refractivity contribution in [2.24, 2.45) is 0 Å². The second-order valence-corrected chi connectivity index (χ2v) is 2.92. The molecule has 1 aliphatic rings. The summed E-state index contributed by atoms with van der Waals surface area (Å²) in [6, 6.07) is 5.56. The van der Waals surface area contributed by atoms with Crippen molar-refractivity contribution in [3.05, 3.63) is 29.3 Å². The fraction of sp³-hybridized carbons (Fsp3) is 0.222. The highest BCUT2D eigenvalue weighted by Gasteiger charge is 2.14. The van der Waals surface area contributed by atoms with Crippen LogP contribution in [0.25, 0.3) is 0 Å². The molecule has 13 heavy (non-hydrogen) atoms. The van der Waals surface area contributed by atoms with Crippen molar-refractivity contribution in [1.82, 2.24) is 5.32 Å². The molecule has 1 aromatic rings. The Morgan fingerprint density at radius 1 is 1.62 bits per heavy atom. The summed E-state index contributed by atoms with van der Waals surface area (Å²) in [7, 11) is 3.30. The van der Waals surface area contributed by atoms with Gasteiger partial charge in [-0.3, -0.25) is 4.79 Å². The van der Waals surface area contributed by atoms with Crippen LogP contribution in [-0.4, -0.2) is 20.4 Å². The second-order valence-electron chi connectivity index (χ2n) is 2.92. The highest BCUT2D eigenvalue weighted by atomic mass is 16.4. The van der Waals surface area contributed by atoms with Crippen molar-refractivity contribution < 1.29 is 9.45 Å². The smallest absolute Gasteiger partial charge is 0.330 e. The average Bonchev–Trinajstić information content (AvgIpc) is 2.63. The summed E-state index contributed by atoms with van der Waals surface area (Å²) in [5, 5.41) is 2.58. The van der Waals surface area contributed by atoms with Gasteiger partial charge in [0.15, 0.2) is 0 Å². The van der Waals surface area contributed by atoms with Gasteiger partial charge >= 0.3 is 7.48 Å². The number of benzene rings is 1. The molecule has 1 radical (unpaired) electrons. The standard InChI is InChI=1S/C9H9BNO2/c1-11-9(12)6-2-3-7-5-13-10-8(7)4-6/h2-4H,5H2,1H3,(H,11,12). The van der Waals surface area contributed by atoms with Crippen LogP contribution in [0.15, 0.2) is 18.2 Å². The van der Waals surface area contributed by atoms with E-state index >= 15 is 0 Å².